The van der Waals surface area contributed by atoms with Gasteiger partial charge in [0.2, 0.25) is 0 Å². The van der Waals surface area contributed by atoms with Gasteiger partial charge in [0.25, 0.3) is 0 Å². The molecule has 1 aromatic rings. The van der Waals surface area contributed by atoms with Crippen molar-refractivity contribution in [2.45, 2.75) is 58.3 Å². The number of nitrogens with one attached hydrogen (secondary N) is 1. The molecule has 1 aliphatic heterocycles. The van der Waals surface area contributed by atoms with Crippen LogP contribution in [-0.2, 0) is 5.41 Å². The van der Waals surface area contributed by atoms with Gasteiger partial charge in [-0.1, -0.05) is 52.2 Å². The van der Waals surface area contributed by atoms with Gasteiger partial charge in [0.15, 0.2) is 0 Å². The minimum atomic E-state index is 0.0420. The van der Waals surface area contributed by atoms with Crippen molar-refractivity contribution in [3.05, 3.63) is 29.8 Å². The molecule has 0 saturated carbocycles. The van der Waals surface area contributed by atoms with Gasteiger partial charge >= 0.3 is 6.03 Å². The molecule has 1 saturated heterocycles. The summed E-state index contributed by atoms with van der Waals surface area (Å²) in [7, 11) is 0. The Morgan fingerprint density at radius 3 is 2.00 bits per heavy atom. The third-order valence-electron chi connectivity index (χ3n) is 4.15. The van der Waals surface area contributed by atoms with Gasteiger partial charge in [-0.3, -0.25) is 0 Å². The minimum absolute atomic E-state index is 0.0420. The smallest absolute Gasteiger partial charge is 0.321 e. The molecule has 116 valence electrons. The molecule has 1 aliphatic rings. The van der Waals surface area contributed by atoms with Crippen LogP contribution in [0.25, 0.3) is 0 Å². The van der Waals surface area contributed by atoms with Crippen LogP contribution >= 0.6 is 0 Å². The Kier molecular flexibility index (Phi) is 5.27. The number of carbonyl (C=O) groups excluding carboxylic acids is 1. The van der Waals surface area contributed by atoms with Crippen molar-refractivity contribution < 1.29 is 4.79 Å². The number of amides is 2. The number of carbonyl (C=O) groups is 1. The Hall–Kier alpha value is -1.51. The van der Waals surface area contributed by atoms with Crippen LogP contribution in [0.15, 0.2) is 24.3 Å². The van der Waals surface area contributed by atoms with Crippen LogP contribution in [0.5, 0.6) is 0 Å². The predicted octanol–water partition coefficient (Wildman–Crippen LogP) is 4.78. The number of hydrogen-bond donors (Lipinski definition) is 1. The summed E-state index contributed by atoms with van der Waals surface area (Å²) in [4.78, 5) is 14.3. The SMILES string of the molecule is CC(C)(C)c1ccc(NC(=O)N2CCCCCCC2)cc1. The lowest BCUT2D eigenvalue weighted by atomic mass is 9.87. The van der Waals surface area contributed by atoms with E-state index < -0.39 is 0 Å². The van der Waals surface area contributed by atoms with Crippen molar-refractivity contribution in [2.24, 2.45) is 0 Å². The van der Waals surface area contributed by atoms with Crippen LogP contribution in [0.3, 0.4) is 0 Å². The number of anilines is 1. The lowest BCUT2D eigenvalue weighted by molar-refractivity contribution is 0.206. The molecule has 0 aromatic heterocycles. The van der Waals surface area contributed by atoms with Gasteiger partial charge in [-0.25, -0.2) is 4.79 Å². The number of hydrogen-bond acceptors (Lipinski definition) is 1. The molecule has 3 heteroatoms. The first-order valence-corrected chi connectivity index (χ1v) is 8.13. The second kappa shape index (κ2) is 6.97. The maximum Gasteiger partial charge on any atom is 0.321 e. The highest BCUT2D eigenvalue weighted by Crippen LogP contribution is 2.23. The Morgan fingerprint density at radius 2 is 1.48 bits per heavy atom. The minimum Gasteiger partial charge on any atom is -0.325 e. The molecule has 0 atom stereocenters. The predicted molar refractivity (Wildman–Crippen MR) is 88.8 cm³/mol. The number of urea groups is 1. The lowest BCUT2D eigenvalue weighted by Gasteiger charge is -2.25. The molecule has 2 amide bonds. The van der Waals surface area contributed by atoms with Gasteiger partial charge in [-0.05, 0) is 36.0 Å². The summed E-state index contributed by atoms with van der Waals surface area (Å²) < 4.78 is 0. The van der Waals surface area contributed by atoms with E-state index in [2.05, 4.69) is 38.2 Å². The van der Waals surface area contributed by atoms with Crippen LogP contribution in [0.2, 0.25) is 0 Å². The van der Waals surface area contributed by atoms with Crippen molar-refractivity contribution in [3.63, 3.8) is 0 Å². The summed E-state index contributed by atoms with van der Waals surface area (Å²) in [5.74, 6) is 0. The van der Waals surface area contributed by atoms with E-state index in [4.69, 9.17) is 0 Å². The van der Waals surface area contributed by atoms with Crippen LogP contribution in [0.1, 0.15) is 58.4 Å². The summed E-state index contributed by atoms with van der Waals surface area (Å²) in [6.07, 6.45) is 6.03. The summed E-state index contributed by atoms with van der Waals surface area (Å²) in [6, 6.07) is 8.25. The molecule has 1 aromatic carbocycles. The quantitative estimate of drug-likeness (QED) is 0.792. The highest BCUT2D eigenvalue weighted by Gasteiger charge is 2.16. The Labute approximate surface area is 128 Å². The van der Waals surface area contributed by atoms with E-state index in [1.165, 1.54) is 24.8 Å². The molecule has 3 nitrogen and oxygen atoms in total. The van der Waals surface area contributed by atoms with Gasteiger partial charge in [-0.2, -0.15) is 0 Å². The van der Waals surface area contributed by atoms with E-state index in [9.17, 15) is 4.79 Å². The van der Waals surface area contributed by atoms with Crippen molar-refractivity contribution in [3.8, 4) is 0 Å². The molecule has 2 rings (SSSR count). The molecule has 1 fully saturated rings. The number of nitrogens with zero attached hydrogens (tertiary/aromatic N) is 1. The Morgan fingerprint density at radius 1 is 0.952 bits per heavy atom. The number of benzene rings is 1. The molecule has 0 unspecified atom stereocenters. The molecular weight excluding hydrogens is 260 g/mol. The molecule has 0 spiro atoms. The van der Waals surface area contributed by atoms with Crippen LogP contribution in [0, 0.1) is 0 Å². The molecular formula is C18H28N2O. The van der Waals surface area contributed by atoms with Crippen molar-refractivity contribution in [2.75, 3.05) is 18.4 Å². The molecule has 0 bridgehead atoms. The Bertz CT molecular complexity index is 451. The fourth-order valence-electron chi connectivity index (χ4n) is 2.71. The van der Waals surface area contributed by atoms with Gasteiger partial charge in [-0.15, -0.1) is 0 Å². The van der Waals surface area contributed by atoms with Gasteiger partial charge in [0, 0.05) is 18.8 Å². The van der Waals surface area contributed by atoms with Gasteiger partial charge in [0.1, 0.15) is 0 Å². The normalized spacial score (nSPS) is 17.0. The number of rotatable bonds is 1. The first kappa shape index (κ1) is 15.9. The summed E-state index contributed by atoms with van der Waals surface area (Å²) in [5.41, 5.74) is 2.31. The van der Waals surface area contributed by atoms with Crippen LogP contribution < -0.4 is 5.32 Å². The van der Waals surface area contributed by atoms with Crippen LogP contribution in [-0.4, -0.2) is 24.0 Å². The molecule has 0 radical (unpaired) electrons. The van der Waals surface area contributed by atoms with E-state index in [-0.39, 0.29) is 11.4 Å². The molecule has 21 heavy (non-hydrogen) atoms. The van der Waals surface area contributed by atoms with Crippen molar-refractivity contribution in [1.82, 2.24) is 4.90 Å². The second-order valence-corrected chi connectivity index (χ2v) is 7.01. The van der Waals surface area contributed by atoms with E-state index >= 15 is 0 Å². The zero-order valence-corrected chi connectivity index (χ0v) is 13.6. The third kappa shape index (κ3) is 4.76. The maximum absolute atomic E-state index is 12.3. The summed E-state index contributed by atoms with van der Waals surface area (Å²) >= 11 is 0. The zero-order valence-electron chi connectivity index (χ0n) is 13.6. The third-order valence-corrected chi connectivity index (χ3v) is 4.15. The topological polar surface area (TPSA) is 32.3 Å². The van der Waals surface area contributed by atoms with E-state index in [0.29, 0.717) is 0 Å². The van der Waals surface area contributed by atoms with Crippen molar-refractivity contribution in [1.29, 1.82) is 0 Å². The van der Waals surface area contributed by atoms with Gasteiger partial charge in [0.05, 0.1) is 0 Å². The van der Waals surface area contributed by atoms with E-state index in [1.54, 1.807) is 0 Å². The summed E-state index contributed by atoms with van der Waals surface area (Å²) in [6.45, 7) is 8.35. The fourth-order valence-corrected chi connectivity index (χ4v) is 2.71. The first-order chi connectivity index (χ1) is 9.97. The highest BCUT2D eigenvalue weighted by atomic mass is 16.2. The largest absolute Gasteiger partial charge is 0.325 e. The van der Waals surface area contributed by atoms with Gasteiger partial charge < -0.3 is 10.2 Å². The zero-order chi connectivity index (χ0) is 15.3. The molecule has 0 aliphatic carbocycles. The first-order valence-electron chi connectivity index (χ1n) is 8.13. The molecule has 1 heterocycles. The summed E-state index contributed by atoms with van der Waals surface area (Å²) in [5, 5.41) is 3.03. The van der Waals surface area contributed by atoms with E-state index in [1.807, 2.05) is 17.0 Å². The lowest BCUT2D eigenvalue weighted by Crippen LogP contribution is -2.37. The Balaban J connectivity index is 1.95. The average molecular weight is 288 g/mol. The second-order valence-electron chi connectivity index (χ2n) is 7.01. The highest BCUT2D eigenvalue weighted by molar-refractivity contribution is 5.89. The van der Waals surface area contributed by atoms with E-state index in [0.717, 1.165) is 31.6 Å². The number of likely N-dealkylation sites (tertiary alicyclic amines) is 1. The molecule has 1 N–H and O–H groups in total. The monoisotopic (exact) mass is 288 g/mol. The van der Waals surface area contributed by atoms with Crippen LogP contribution in [0.4, 0.5) is 10.5 Å². The average Bonchev–Trinajstić information content (AvgIpc) is 2.37. The van der Waals surface area contributed by atoms with Crippen molar-refractivity contribution >= 4 is 11.7 Å². The standard InChI is InChI=1S/C18H28N2O/c1-18(2,3)15-9-11-16(12-10-15)19-17(21)20-13-7-5-4-6-8-14-20/h9-12H,4-8,13-14H2,1-3H3,(H,19,21). The fraction of sp³-hybridized carbons (Fsp3) is 0.611. The maximum atomic E-state index is 12.3.